The summed E-state index contributed by atoms with van der Waals surface area (Å²) in [6, 6.07) is 6.40. The Bertz CT molecular complexity index is 516. The summed E-state index contributed by atoms with van der Waals surface area (Å²) in [5.74, 6) is 1.52. The quantitative estimate of drug-likeness (QED) is 0.872. The van der Waals surface area contributed by atoms with E-state index in [2.05, 4.69) is 36.6 Å². The number of fused-ring (bicyclic) bond motifs is 1. The van der Waals surface area contributed by atoms with Crippen LogP contribution in [0.2, 0.25) is 0 Å². The van der Waals surface area contributed by atoms with Crippen LogP contribution in [0, 0.1) is 11.8 Å². The maximum absolute atomic E-state index is 12.5. The number of benzene rings is 1. The van der Waals surface area contributed by atoms with Crippen molar-refractivity contribution in [2.45, 2.75) is 52.0 Å². The fourth-order valence-corrected chi connectivity index (χ4v) is 3.95. The van der Waals surface area contributed by atoms with Crippen molar-refractivity contribution < 1.29 is 4.79 Å². The molecular weight excluding hydrogens is 260 g/mol. The Balaban J connectivity index is 1.67. The minimum atomic E-state index is 0.0923. The average Bonchev–Trinajstić information content (AvgIpc) is 2.45. The third-order valence-electron chi connectivity index (χ3n) is 4.82. The van der Waals surface area contributed by atoms with E-state index in [1.54, 1.807) is 0 Å². The lowest BCUT2D eigenvalue weighted by molar-refractivity contribution is 0.0911. The van der Waals surface area contributed by atoms with Crippen LogP contribution in [0.25, 0.3) is 0 Å². The summed E-state index contributed by atoms with van der Waals surface area (Å²) in [6.45, 7) is 5.62. The van der Waals surface area contributed by atoms with E-state index in [0.717, 1.165) is 37.8 Å². The van der Waals surface area contributed by atoms with Gasteiger partial charge in [-0.25, -0.2) is 0 Å². The van der Waals surface area contributed by atoms with Gasteiger partial charge in [0.2, 0.25) is 0 Å². The topological polar surface area (TPSA) is 41.1 Å². The number of amides is 1. The minimum Gasteiger partial charge on any atom is -0.385 e. The maximum Gasteiger partial charge on any atom is 0.251 e. The van der Waals surface area contributed by atoms with Gasteiger partial charge < -0.3 is 10.6 Å². The second-order valence-corrected chi connectivity index (χ2v) is 6.99. The largest absolute Gasteiger partial charge is 0.385 e. The van der Waals surface area contributed by atoms with E-state index < -0.39 is 0 Å². The van der Waals surface area contributed by atoms with Gasteiger partial charge in [-0.2, -0.15) is 0 Å². The van der Waals surface area contributed by atoms with Crippen LogP contribution < -0.4 is 10.6 Å². The molecule has 3 nitrogen and oxygen atoms in total. The lowest BCUT2D eigenvalue weighted by Gasteiger charge is -2.32. The zero-order valence-electron chi connectivity index (χ0n) is 13.1. The lowest BCUT2D eigenvalue weighted by atomic mass is 9.80. The van der Waals surface area contributed by atoms with Gasteiger partial charge in [0.25, 0.3) is 5.91 Å². The van der Waals surface area contributed by atoms with E-state index in [1.807, 2.05) is 6.07 Å². The monoisotopic (exact) mass is 286 g/mol. The standard InChI is InChI=1S/C18H26N2O/c1-12-8-13(2)10-16(9-12)20-18(21)15-5-6-17-14(11-15)4-3-7-19-17/h5-6,11-13,16,19H,3-4,7-10H2,1-2H3,(H,20,21). The van der Waals surface area contributed by atoms with Gasteiger partial charge in [-0.3, -0.25) is 4.79 Å². The number of anilines is 1. The molecule has 2 N–H and O–H groups in total. The highest BCUT2D eigenvalue weighted by Crippen LogP contribution is 2.29. The summed E-state index contributed by atoms with van der Waals surface area (Å²) in [7, 11) is 0. The SMILES string of the molecule is CC1CC(C)CC(NC(=O)c2ccc3c(c2)CCCN3)C1. The molecule has 1 saturated carbocycles. The van der Waals surface area contributed by atoms with Crippen LogP contribution in [0.3, 0.4) is 0 Å². The van der Waals surface area contributed by atoms with Crippen LogP contribution in [0.1, 0.15) is 55.5 Å². The molecule has 1 aliphatic heterocycles. The fourth-order valence-electron chi connectivity index (χ4n) is 3.95. The first-order valence-electron chi connectivity index (χ1n) is 8.29. The summed E-state index contributed by atoms with van der Waals surface area (Å²) < 4.78 is 0. The molecule has 2 aliphatic rings. The van der Waals surface area contributed by atoms with Crippen LogP contribution >= 0.6 is 0 Å². The Morgan fingerprint density at radius 2 is 1.95 bits per heavy atom. The zero-order valence-corrected chi connectivity index (χ0v) is 13.1. The minimum absolute atomic E-state index is 0.0923. The van der Waals surface area contributed by atoms with E-state index in [4.69, 9.17) is 0 Å². The van der Waals surface area contributed by atoms with E-state index in [-0.39, 0.29) is 5.91 Å². The van der Waals surface area contributed by atoms with E-state index in [1.165, 1.54) is 17.7 Å². The normalized spacial score (nSPS) is 28.4. The van der Waals surface area contributed by atoms with Gasteiger partial charge in [0.1, 0.15) is 0 Å². The van der Waals surface area contributed by atoms with Crippen molar-refractivity contribution in [2.75, 3.05) is 11.9 Å². The molecule has 2 atom stereocenters. The third-order valence-corrected chi connectivity index (χ3v) is 4.82. The molecule has 21 heavy (non-hydrogen) atoms. The van der Waals surface area contributed by atoms with Crippen LogP contribution in [0.15, 0.2) is 18.2 Å². The maximum atomic E-state index is 12.5. The van der Waals surface area contributed by atoms with Gasteiger partial charge >= 0.3 is 0 Å². The van der Waals surface area contributed by atoms with Gasteiger partial charge in [0, 0.05) is 23.8 Å². The van der Waals surface area contributed by atoms with Crippen LogP contribution in [-0.2, 0) is 6.42 Å². The molecule has 3 rings (SSSR count). The van der Waals surface area contributed by atoms with Crippen molar-refractivity contribution in [3.05, 3.63) is 29.3 Å². The van der Waals surface area contributed by atoms with Crippen molar-refractivity contribution >= 4 is 11.6 Å². The van der Waals surface area contributed by atoms with Crippen molar-refractivity contribution in [1.29, 1.82) is 0 Å². The Labute approximate surface area is 127 Å². The van der Waals surface area contributed by atoms with Crippen molar-refractivity contribution in [3.63, 3.8) is 0 Å². The van der Waals surface area contributed by atoms with Gasteiger partial charge in [-0.15, -0.1) is 0 Å². The Kier molecular flexibility index (Phi) is 4.18. The molecule has 1 heterocycles. The number of aryl methyl sites for hydroxylation is 1. The smallest absolute Gasteiger partial charge is 0.251 e. The zero-order chi connectivity index (χ0) is 14.8. The molecule has 1 fully saturated rings. The predicted octanol–water partition coefficient (Wildman–Crippen LogP) is 3.60. The van der Waals surface area contributed by atoms with Gasteiger partial charge in [-0.1, -0.05) is 13.8 Å². The molecule has 0 radical (unpaired) electrons. The summed E-state index contributed by atoms with van der Waals surface area (Å²) >= 11 is 0. The van der Waals surface area contributed by atoms with Gasteiger partial charge in [0.05, 0.1) is 0 Å². The highest BCUT2D eigenvalue weighted by atomic mass is 16.1. The van der Waals surface area contributed by atoms with Crippen LogP contribution in [0.4, 0.5) is 5.69 Å². The number of carbonyl (C=O) groups excluding carboxylic acids is 1. The number of rotatable bonds is 2. The van der Waals surface area contributed by atoms with Gasteiger partial charge in [0.15, 0.2) is 0 Å². The predicted molar refractivity (Wildman–Crippen MR) is 86.7 cm³/mol. The molecule has 1 aromatic rings. The molecular formula is C18H26N2O. The average molecular weight is 286 g/mol. The molecule has 114 valence electrons. The first-order valence-corrected chi connectivity index (χ1v) is 8.29. The summed E-state index contributed by atoms with van der Waals surface area (Å²) in [5, 5.41) is 6.63. The first kappa shape index (κ1) is 14.4. The number of nitrogens with one attached hydrogen (secondary N) is 2. The first-order chi connectivity index (χ1) is 10.1. The van der Waals surface area contributed by atoms with E-state index >= 15 is 0 Å². The second kappa shape index (κ2) is 6.08. The van der Waals surface area contributed by atoms with E-state index in [9.17, 15) is 4.79 Å². The molecule has 1 aromatic carbocycles. The molecule has 3 heteroatoms. The van der Waals surface area contributed by atoms with Crippen LogP contribution in [0.5, 0.6) is 0 Å². The molecule has 0 aromatic heterocycles. The van der Waals surface area contributed by atoms with Crippen molar-refractivity contribution in [3.8, 4) is 0 Å². The summed E-state index contributed by atoms with van der Waals surface area (Å²) in [5.41, 5.74) is 3.28. The second-order valence-electron chi connectivity index (χ2n) is 6.99. The Morgan fingerprint density at radius 3 is 2.71 bits per heavy atom. The highest BCUT2D eigenvalue weighted by Gasteiger charge is 2.25. The molecule has 2 unspecified atom stereocenters. The number of carbonyl (C=O) groups is 1. The Hall–Kier alpha value is -1.51. The lowest BCUT2D eigenvalue weighted by Crippen LogP contribution is -2.40. The molecule has 0 saturated heterocycles. The van der Waals surface area contributed by atoms with Crippen LogP contribution in [-0.4, -0.2) is 18.5 Å². The van der Waals surface area contributed by atoms with Crippen molar-refractivity contribution in [1.82, 2.24) is 5.32 Å². The fraction of sp³-hybridized carbons (Fsp3) is 0.611. The Morgan fingerprint density at radius 1 is 1.19 bits per heavy atom. The molecule has 0 bridgehead atoms. The molecule has 1 aliphatic carbocycles. The van der Waals surface area contributed by atoms with Gasteiger partial charge in [-0.05, 0) is 67.7 Å². The molecule has 0 spiro atoms. The summed E-state index contributed by atoms with van der Waals surface area (Å²) in [6.07, 6.45) is 5.73. The number of hydrogen-bond donors (Lipinski definition) is 2. The molecule has 1 amide bonds. The third kappa shape index (κ3) is 3.39. The summed E-state index contributed by atoms with van der Waals surface area (Å²) in [4.78, 5) is 12.5. The van der Waals surface area contributed by atoms with E-state index in [0.29, 0.717) is 17.9 Å². The van der Waals surface area contributed by atoms with Crippen molar-refractivity contribution in [2.24, 2.45) is 11.8 Å². The highest BCUT2D eigenvalue weighted by molar-refractivity contribution is 5.95. The number of hydrogen-bond acceptors (Lipinski definition) is 2.